The fraction of sp³-hybridized carbons (Fsp3) is 0.833. The molecule has 0 aliphatic rings. The Balaban J connectivity index is 4.09. The molecule has 0 aromatic heterocycles. The predicted octanol–water partition coefficient (Wildman–Crippen LogP) is 2.35. The van der Waals surface area contributed by atoms with Gasteiger partial charge in [0.15, 0.2) is 0 Å². The van der Waals surface area contributed by atoms with Crippen LogP contribution in [0.1, 0.15) is 13.3 Å². The quantitative estimate of drug-likeness (QED) is 0.538. The van der Waals surface area contributed by atoms with Crippen LogP contribution in [0.4, 0.5) is 0 Å². The van der Waals surface area contributed by atoms with E-state index < -0.39 is 10.3 Å². The summed E-state index contributed by atoms with van der Waals surface area (Å²) < 4.78 is 2.84. The smallest absolute Gasteiger partial charge is 0.342 e. The molecule has 0 aromatic carbocycles. The highest BCUT2D eigenvalue weighted by atomic mass is 35.5. The van der Waals surface area contributed by atoms with Crippen molar-refractivity contribution in [3.63, 3.8) is 0 Å². The lowest BCUT2D eigenvalue weighted by atomic mass is 10.2. The first-order chi connectivity index (χ1) is 4.90. The molecule has 1 unspecified atom stereocenters. The summed E-state index contributed by atoms with van der Waals surface area (Å²) in [5.74, 6) is -0.673. The normalized spacial score (nSPS) is 14.3. The molecule has 2 nitrogen and oxygen atoms in total. The van der Waals surface area contributed by atoms with Gasteiger partial charge in [-0.25, -0.2) is 4.79 Å². The van der Waals surface area contributed by atoms with E-state index in [4.69, 9.17) is 34.8 Å². The second-order valence-corrected chi connectivity index (χ2v) is 4.41. The third kappa shape index (κ3) is 4.04. The lowest BCUT2D eigenvalue weighted by molar-refractivity contribution is -0.141. The van der Waals surface area contributed by atoms with Crippen molar-refractivity contribution in [2.45, 2.75) is 23.1 Å². The molecule has 0 rings (SSSR count). The SMILES string of the molecule is COC(=O)C(Cl)(Cl)CC(C)Cl. The van der Waals surface area contributed by atoms with Crippen molar-refractivity contribution in [3.05, 3.63) is 0 Å². The number of ether oxygens (including phenoxy) is 1. The van der Waals surface area contributed by atoms with Gasteiger partial charge in [-0.15, -0.1) is 11.6 Å². The molecule has 0 aromatic rings. The Hall–Kier alpha value is 0.340. The minimum atomic E-state index is -1.52. The van der Waals surface area contributed by atoms with Crippen LogP contribution in [-0.2, 0) is 9.53 Å². The maximum atomic E-state index is 10.8. The molecule has 0 N–H and O–H groups in total. The second-order valence-electron chi connectivity index (χ2n) is 2.18. The number of rotatable bonds is 3. The Bertz CT molecular complexity index is 145. The topological polar surface area (TPSA) is 26.3 Å². The van der Waals surface area contributed by atoms with Crippen LogP contribution in [0.5, 0.6) is 0 Å². The van der Waals surface area contributed by atoms with E-state index in [0.29, 0.717) is 0 Å². The molecular formula is C6H9Cl3O2. The highest BCUT2D eigenvalue weighted by Gasteiger charge is 2.35. The molecule has 0 radical (unpaired) electrons. The molecule has 1 atom stereocenters. The number of hydrogen-bond donors (Lipinski definition) is 0. The summed E-state index contributed by atoms with van der Waals surface area (Å²) in [6.07, 6.45) is 0.171. The molecule has 0 aliphatic heterocycles. The van der Waals surface area contributed by atoms with Gasteiger partial charge < -0.3 is 4.74 Å². The first-order valence-corrected chi connectivity index (χ1v) is 4.19. The Morgan fingerprint density at radius 1 is 1.64 bits per heavy atom. The van der Waals surface area contributed by atoms with Crippen molar-refractivity contribution in [2.24, 2.45) is 0 Å². The van der Waals surface area contributed by atoms with E-state index in [2.05, 4.69) is 4.74 Å². The fourth-order valence-corrected chi connectivity index (χ4v) is 1.59. The second kappa shape index (κ2) is 4.39. The standard InChI is InChI=1S/C6H9Cl3O2/c1-4(7)3-6(8,9)5(10)11-2/h4H,3H2,1-2H3. The lowest BCUT2D eigenvalue weighted by Crippen LogP contribution is -2.29. The number of carbonyl (C=O) groups is 1. The van der Waals surface area contributed by atoms with Gasteiger partial charge in [-0.05, 0) is 6.92 Å². The van der Waals surface area contributed by atoms with Crippen LogP contribution in [0.25, 0.3) is 0 Å². The van der Waals surface area contributed by atoms with Gasteiger partial charge in [-0.1, -0.05) is 23.2 Å². The molecule has 0 heterocycles. The summed E-state index contributed by atoms with van der Waals surface area (Å²) in [6.45, 7) is 1.70. The zero-order valence-corrected chi connectivity index (χ0v) is 8.50. The van der Waals surface area contributed by atoms with Gasteiger partial charge >= 0.3 is 5.97 Å². The molecule has 5 heteroatoms. The van der Waals surface area contributed by atoms with Gasteiger partial charge in [0, 0.05) is 11.8 Å². The van der Waals surface area contributed by atoms with E-state index in [1.165, 1.54) is 7.11 Å². The summed E-state index contributed by atoms with van der Waals surface area (Å²) in [5.41, 5.74) is 0. The maximum Gasteiger partial charge on any atom is 0.342 e. The number of hydrogen-bond acceptors (Lipinski definition) is 2. The molecule has 0 amide bonds. The van der Waals surface area contributed by atoms with Crippen LogP contribution >= 0.6 is 34.8 Å². The van der Waals surface area contributed by atoms with Gasteiger partial charge in [-0.2, -0.15) is 0 Å². The molecular weight excluding hydrogens is 210 g/mol. The number of methoxy groups -OCH3 is 1. The first-order valence-electron chi connectivity index (χ1n) is 3.00. The van der Waals surface area contributed by atoms with Crippen LogP contribution in [0.15, 0.2) is 0 Å². The molecule has 66 valence electrons. The van der Waals surface area contributed by atoms with E-state index in [1.54, 1.807) is 6.92 Å². The predicted molar refractivity (Wildman–Crippen MR) is 46.4 cm³/mol. The lowest BCUT2D eigenvalue weighted by Gasteiger charge is -2.17. The van der Waals surface area contributed by atoms with Crippen LogP contribution in [-0.4, -0.2) is 22.8 Å². The fourth-order valence-electron chi connectivity index (χ4n) is 0.586. The third-order valence-electron chi connectivity index (χ3n) is 1.02. The van der Waals surface area contributed by atoms with Crippen LogP contribution in [0, 0.1) is 0 Å². The first kappa shape index (κ1) is 11.3. The van der Waals surface area contributed by atoms with Gasteiger partial charge in [0.05, 0.1) is 7.11 Å². The van der Waals surface area contributed by atoms with Crippen molar-refractivity contribution in [1.29, 1.82) is 0 Å². The zero-order chi connectivity index (χ0) is 9.07. The van der Waals surface area contributed by atoms with E-state index in [-0.39, 0.29) is 11.8 Å². The molecule has 0 spiro atoms. The molecule has 0 saturated carbocycles. The highest BCUT2D eigenvalue weighted by molar-refractivity contribution is 6.57. The summed E-state index contributed by atoms with van der Waals surface area (Å²) in [6, 6.07) is 0. The largest absolute Gasteiger partial charge is 0.467 e. The van der Waals surface area contributed by atoms with Crippen molar-refractivity contribution in [1.82, 2.24) is 0 Å². The van der Waals surface area contributed by atoms with E-state index >= 15 is 0 Å². The van der Waals surface area contributed by atoms with Crippen LogP contribution < -0.4 is 0 Å². The Morgan fingerprint density at radius 2 is 2.09 bits per heavy atom. The molecule has 0 fully saturated rings. The zero-order valence-electron chi connectivity index (χ0n) is 6.23. The summed E-state index contributed by atoms with van der Waals surface area (Å²) >= 11 is 16.8. The summed E-state index contributed by atoms with van der Waals surface area (Å²) in [7, 11) is 1.22. The minimum absolute atomic E-state index is 0.171. The summed E-state index contributed by atoms with van der Waals surface area (Å²) in [4.78, 5) is 10.8. The van der Waals surface area contributed by atoms with Gasteiger partial charge in [0.1, 0.15) is 0 Å². The van der Waals surface area contributed by atoms with Crippen molar-refractivity contribution < 1.29 is 9.53 Å². The third-order valence-corrected chi connectivity index (χ3v) is 1.79. The average molecular weight is 219 g/mol. The number of esters is 1. The minimum Gasteiger partial charge on any atom is -0.467 e. The van der Waals surface area contributed by atoms with Gasteiger partial charge in [0.25, 0.3) is 0 Å². The maximum absolute atomic E-state index is 10.8. The number of carbonyl (C=O) groups excluding carboxylic acids is 1. The van der Waals surface area contributed by atoms with Crippen molar-refractivity contribution >= 4 is 40.8 Å². The Morgan fingerprint density at radius 3 is 2.36 bits per heavy atom. The van der Waals surface area contributed by atoms with Crippen LogP contribution in [0.2, 0.25) is 0 Å². The molecule has 0 bridgehead atoms. The monoisotopic (exact) mass is 218 g/mol. The van der Waals surface area contributed by atoms with E-state index in [1.807, 2.05) is 0 Å². The Labute approximate surface area is 80.7 Å². The number of alkyl halides is 3. The Kier molecular flexibility index (Phi) is 4.52. The van der Waals surface area contributed by atoms with E-state index in [9.17, 15) is 4.79 Å². The van der Waals surface area contributed by atoms with Gasteiger partial charge in [-0.3, -0.25) is 0 Å². The average Bonchev–Trinajstić information content (AvgIpc) is 1.83. The van der Waals surface area contributed by atoms with E-state index in [0.717, 1.165) is 0 Å². The molecule has 0 aliphatic carbocycles. The summed E-state index contributed by atoms with van der Waals surface area (Å²) in [5, 5.41) is -0.260. The van der Waals surface area contributed by atoms with Crippen molar-refractivity contribution in [2.75, 3.05) is 7.11 Å². The van der Waals surface area contributed by atoms with Gasteiger partial charge in [0.2, 0.25) is 4.33 Å². The number of halogens is 3. The molecule has 11 heavy (non-hydrogen) atoms. The highest BCUT2D eigenvalue weighted by Crippen LogP contribution is 2.29. The van der Waals surface area contributed by atoms with Crippen LogP contribution in [0.3, 0.4) is 0 Å². The van der Waals surface area contributed by atoms with Crippen molar-refractivity contribution in [3.8, 4) is 0 Å². The molecule has 0 saturated heterocycles.